The molecule has 0 amide bonds. The van der Waals surface area contributed by atoms with Gasteiger partial charge in [-0.05, 0) is 84.9 Å². The Labute approximate surface area is 188 Å². The first-order valence-electron chi connectivity index (χ1n) is 11.4. The van der Waals surface area contributed by atoms with E-state index in [1.807, 2.05) is 0 Å². The summed E-state index contributed by atoms with van der Waals surface area (Å²) in [6.45, 7) is 0.680. The van der Waals surface area contributed by atoms with Gasteiger partial charge in [-0.3, -0.25) is 4.98 Å². The van der Waals surface area contributed by atoms with Crippen molar-refractivity contribution < 1.29 is 14.6 Å². The SMILES string of the molecule is CN(c1ccc(C2CC2)cc1)c1ccc2c(c1)OCC[C@H]2CCc1cnccc1C(=O)O. The molecular weight excluding hydrogens is 400 g/mol. The number of fused-ring (bicyclic) bond motifs is 1. The fraction of sp³-hybridized carbons (Fsp3) is 0.333. The van der Waals surface area contributed by atoms with E-state index >= 15 is 0 Å². The Morgan fingerprint density at radius 2 is 1.88 bits per heavy atom. The number of carboxylic acids is 1. The third-order valence-electron chi connectivity index (χ3n) is 6.77. The van der Waals surface area contributed by atoms with Crippen LogP contribution in [0.2, 0.25) is 0 Å². The Kier molecular flexibility index (Phi) is 5.56. The molecule has 1 N–H and O–H groups in total. The van der Waals surface area contributed by atoms with Gasteiger partial charge in [-0.1, -0.05) is 18.2 Å². The molecule has 0 radical (unpaired) electrons. The van der Waals surface area contributed by atoms with Gasteiger partial charge in [-0.25, -0.2) is 4.79 Å². The molecule has 1 fully saturated rings. The van der Waals surface area contributed by atoms with Crippen LogP contribution in [-0.4, -0.2) is 29.7 Å². The predicted molar refractivity (Wildman–Crippen MR) is 125 cm³/mol. The monoisotopic (exact) mass is 428 g/mol. The molecule has 1 aliphatic carbocycles. The maximum Gasteiger partial charge on any atom is 0.336 e. The van der Waals surface area contributed by atoms with E-state index in [1.54, 1.807) is 12.3 Å². The van der Waals surface area contributed by atoms with E-state index in [0.29, 0.717) is 24.5 Å². The van der Waals surface area contributed by atoms with Crippen molar-refractivity contribution in [2.24, 2.45) is 0 Å². The number of carboxylic acid groups (broad SMARTS) is 1. The van der Waals surface area contributed by atoms with Gasteiger partial charge in [0.05, 0.1) is 12.2 Å². The zero-order valence-electron chi connectivity index (χ0n) is 18.3. The lowest BCUT2D eigenvalue weighted by Crippen LogP contribution is -2.17. The maximum absolute atomic E-state index is 11.5. The highest BCUT2D eigenvalue weighted by atomic mass is 16.5. The van der Waals surface area contributed by atoms with Crippen LogP contribution < -0.4 is 9.64 Å². The molecule has 5 nitrogen and oxygen atoms in total. The summed E-state index contributed by atoms with van der Waals surface area (Å²) in [5.41, 5.74) is 6.05. The van der Waals surface area contributed by atoms with E-state index in [9.17, 15) is 9.90 Å². The van der Waals surface area contributed by atoms with Crippen LogP contribution in [0.15, 0.2) is 60.9 Å². The second kappa shape index (κ2) is 8.65. The molecule has 32 heavy (non-hydrogen) atoms. The molecule has 2 aromatic carbocycles. The number of aromatic carboxylic acids is 1. The van der Waals surface area contributed by atoms with Crippen molar-refractivity contribution >= 4 is 17.3 Å². The quantitative estimate of drug-likeness (QED) is 0.506. The van der Waals surface area contributed by atoms with E-state index in [2.05, 4.69) is 59.4 Å². The van der Waals surface area contributed by atoms with E-state index < -0.39 is 5.97 Å². The molecule has 3 aromatic rings. The number of rotatable bonds is 7. The highest BCUT2D eigenvalue weighted by Gasteiger charge is 2.24. The van der Waals surface area contributed by atoms with Gasteiger partial charge >= 0.3 is 5.97 Å². The number of pyridine rings is 1. The smallest absolute Gasteiger partial charge is 0.336 e. The zero-order valence-corrected chi connectivity index (χ0v) is 18.3. The molecule has 2 heterocycles. The summed E-state index contributed by atoms with van der Waals surface area (Å²) in [5.74, 6) is 1.15. The fourth-order valence-corrected chi connectivity index (χ4v) is 4.66. The predicted octanol–water partition coefficient (Wildman–Crippen LogP) is 5.92. The Morgan fingerprint density at radius 3 is 2.62 bits per heavy atom. The first-order chi connectivity index (χ1) is 15.6. The largest absolute Gasteiger partial charge is 0.493 e. The Hall–Kier alpha value is -3.34. The van der Waals surface area contributed by atoms with E-state index in [1.165, 1.54) is 35.9 Å². The minimum absolute atomic E-state index is 0.344. The summed E-state index contributed by atoms with van der Waals surface area (Å²) >= 11 is 0. The summed E-state index contributed by atoms with van der Waals surface area (Å²) in [4.78, 5) is 17.8. The molecule has 164 valence electrons. The molecule has 5 heteroatoms. The zero-order chi connectivity index (χ0) is 22.1. The van der Waals surface area contributed by atoms with Crippen molar-refractivity contribution in [2.75, 3.05) is 18.6 Å². The molecule has 5 rings (SSSR count). The molecule has 0 bridgehead atoms. The van der Waals surface area contributed by atoms with Gasteiger partial charge in [0.2, 0.25) is 0 Å². The molecule has 2 aliphatic rings. The van der Waals surface area contributed by atoms with Gasteiger partial charge in [0, 0.05) is 36.9 Å². The van der Waals surface area contributed by atoms with Crippen molar-refractivity contribution in [3.63, 3.8) is 0 Å². The lowest BCUT2D eigenvalue weighted by Gasteiger charge is -2.28. The summed E-state index contributed by atoms with van der Waals surface area (Å²) in [6, 6.07) is 16.9. The third-order valence-corrected chi connectivity index (χ3v) is 6.77. The first-order valence-corrected chi connectivity index (χ1v) is 11.4. The van der Waals surface area contributed by atoms with Crippen molar-refractivity contribution in [2.45, 2.75) is 43.9 Å². The second-order valence-electron chi connectivity index (χ2n) is 8.86. The average Bonchev–Trinajstić information content (AvgIpc) is 3.68. The number of aromatic nitrogens is 1. The average molecular weight is 429 g/mol. The number of anilines is 2. The molecule has 0 saturated heterocycles. The molecule has 1 aliphatic heterocycles. The van der Waals surface area contributed by atoms with Crippen LogP contribution in [0.1, 0.15) is 64.6 Å². The number of carbonyl (C=O) groups is 1. The molecule has 0 spiro atoms. The van der Waals surface area contributed by atoms with Gasteiger partial charge in [0.25, 0.3) is 0 Å². The van der Waals surface area contributed by atoms with Crippen molar-refractivity contribution in [1.82, 2.24) is 4.98 Å². The molecule has 1 saturated carbocycles. The standard InChI is InChI=1S/C27H28N2O3/c1-29(22-8-6-19(7-9-22)18-2-3-18)23-10-11-24-20(13-15-32-26(24)16-23)4-5-21-17-28-14-12-25(21)27(30)31/h6-12,14,16-18,20H,2-5,13,15H2,1H3,(H,30,31)/t20-/m1/s1. The van der Waals surface area contributed by atoms with Gasteiger partial charge in [-0.2, -0.15) is 0 Å². The normalized spacial score (nSPS) is 17.3. The number of hydrogen-bond donors (Lipinski definition) is 1. The minimum Gasteiger partial charge on any atom is -0.493 e. The lowest BCUT2D eigenvalue weighted by atomic mass is 9.87. The lowest BCUT2D eigenvalue weighted by molar-refractivity contribution is 0.0695. The summed E-state index contributed by atoms with van der Waals surface area (Å²) in [7, 11) is 2.09. The van der Waals surface area contributed by atoms with Gasteiger partial charge in [0.15, 0.2) is 0 Å². The van der Waals surface area contributed by atoms with Crippen LogP contribution >= 0.6 is 0 Å². The van der Waals surface area contributed by atoms with Crippen LogP contribution in [-0.2, 0) is 6.42 Å². The maximum atomic E-state index is 11.5. The molecule has 1 atom stereocenters. The Bertz CT molecular complexity index is 1120. The van der Waals surface area contributed by atoms with Crippen molar-refractivity contribution in [3.8, 4) is 5.75 Å². The number of aryl methyl sites for hydroxylation is 1. The summed E-state index contributed by atoms with van der Waals surface area (Å²) < 4.78 is 6.02. The third kappa shape index (κ3) is 4.20. The Morgan fingerprint density at radius 1 is 1.09 bits per heavy atom. The van der Waals surface area contributed by atoms with Gasteiger partial charge < -0.3 is 14.7 Å². The highest BCUT2D eigenvalue weighted by Crippen LogP contribution is 2.42. The molecular formula is C27H28N2O3. The van der Waals surface area contributed by atoms with Crippen LogP contribution in [0.4, 0.5) is 11.4 Å². The number of nitrogens with zero attached hydrogens (tertiary/aromatic N) is 2. The van der Waals surface area contributed by atoms with Crippen LogP contribution in [0.25, 0.3) is 0 Å². The van der Waals surface area contributed by atoms with Crippen molar-refractivity contribution in [1.29, 1.82) is 0 Å². The first kappa shape index (κ1) is 20.6. The van der Waals surface area contributed by atoms with Crippen LogP contribution in [0.3, 0.4) is 0 Å². The number of hydrogen-bond acceptors (Lipinski definition) is 4. The summed E-state index contributed by atoms with van der Waals surface area (Å²) in [5, 5.41) is 9.43. The topological polar surface area (TPSA) is 62.7 Å². The van der Waals surface area contributed by atoms with Crippen molar-refractivity contribution in [3.05, 3.63) is 83.2 Å². The van der Waals surface area contributed by atoms with Gasteiger partial charge in [-0.15, -0.1) is 0 Å². The second-order valence-corrected chi connectivity index (χ2v) is 8.86. The van der Waals surface area contributed by atoms with E-state index in [0.717, 1.165) is 35.8 Å². The highest BCUT2D eigenvalue weighted by molar-refractivity contribution is 5.89. The minimum atomic E-state index is -0.896. The summed E-state index contributed by atoms with van der Waals surface area (Å²) in [6.07, 6.45) is 8.35. The van der Waals surface area contributed by atoms with Gasteiger partial charge in [0.1, 0.15) is 5.75 Å². The molecule has 0 unspecified atom stereocenters. The molecule has 1 aromatic heterocycles. The van der Waals surface area contributed by atoms with E-state index in [-0.39, 0.29) is 0 Å². The number of ether oxygens (including phenoxy) is 1. The van der Waals surface area contributed by atoms with E-state index in [4.69, 9.17) is 4.74 Å². The number of benzene rings is 2. The van der Waals surface area contributed by atoms with Crippen LogP contribution in [0, 0.1) is 0 Å². The van der Waals surface area contributed by atoms with Crippen LogP contribution in [0.5, 0.6) is 5.75 Å². The Balaban J connectivity index is 1.31. The fourth-order valence-electron chi connectivity index (χ4n) is 4.66.